The molecule has 2 heterocycles. The molecular weight excluding hydrogens is 306 g/mol. The SMILES string of the molecule is CC(=O)N(C)c1sccc1CC(=O)NC1CCC(=O)NC1=O. The maximum atomic E-state index is 12.1. The Balaban J connectivity index is 1.98. The number of carbonyl (C=O) groups excluding carboxylic acids is 4. The van der Waals surface area contributed by atoms with Gasteiger partial charge in [0.25, 0.3) is 0 Å². The monoisotopic (exact) mass is 323 g/mol. The zero-order valence-corrected chi connectivity index (χ0v) is 13.2. The van der Waals surface area contributed by atoms with E-state index in [2.05, 4.69) is 10.6 Å². The molecule has 0 aromatic carbocycles. The van der Waals surface area contributed by atoms with Crippen LogP contribution in [0, 0.1) is 0 Å². The highest BCUT2D eigenvalue weighted by Gasteiger charge is 2.28. The highest BCUT2D eigenvalue weighted by molar-refractivity contribution is 7.14. The summed E-state index contributed by atoms with van der Waals surface area (Å²) in [6, 6.07) is 1.10. The Hall–Kier alpha value is -2.22. The third kappa shape index (κ3) is 3.70. The molecule has 1 saturated heterocycles. The van der Waals surface area contributed by atoms with E-state index in [9.17, 15) is 19.2 Å². The maximum absolute atomic E-state index is 12.1. The Bertz CT molecular complexity index is 625. The van der Waals surface area contributed by atoms with E-state index in [1.807, 2.05) is 5.38 Å². The molecule has 0 saturated carbocycles. The highest BCUT2D eigenvalue weighted by Crippen LogP contribution is 2.27. The highest BCUT2D eigenvalue weighted by atomic mass is 32.1. The molecule has 22 heavy (non-hydrogen) atoms. The molecule has 1 unspecified atom stereocenters. The van der Waals surface area contributed by atoms with Crippen molar-refractivity contribution in [2.45, 2.75) is 32.2 Å². The van der Waals surface area contributed by atoms with Gasteiger partial charge in [0, 0.05) is 20.4 Å². The number of imide groups is 1. The van der Waals surface area contributed by atoms with Crippen molar-refractivity contribution < 1.29 is 19.2 Å². The van der Waals surface area contributed by atoms with Crippen LogP contribution in [-0.4, -0.2) is 36.7 Å². The molecule has 1 aromatic rings. The van der Waals surface area contributed by atoms with E-state index in [-0.39, 0.29) is 30.6 Å². The van der Waals surface area contributed by atoms with Crippen LogP contribution >= 0.6 is 11.3 Å². The van der Waals surface area contributed by atoms with Crippen molar-refractivity contribution in [3.8, 4) is 0 Å². The van der Waals surface area contributed by atoms with E-state index in [4.69, 9.17) is 0 Å². The van der Waals surface area contributed by atoms with Crippen LogP contribution in [-0.2, 0) is 25.6 Å². The second-order valence-corrected chi connectivity index (χ2v) is 5.97. The Morgan fingerprint density at radius 3 is 2.82 bits per heavy atom. The van der Waals surface area contributed by atoms with Gasteiger partial charge in [0.2, 0.25) is 23.6 Å². The van der Waals surface area contributed by atoms with E-state index in [0.29, 0.717) is 11.4 Å². The van der Waals surface area contributed by atoms with Crippen LogP contribution in [0.4, 0.5) is 5.00 Å². The van der Waals surface area contributed by atoms with Crippen LogP contribution in [0.3, 0.4) is 0 Å². The molecule has 4 amide bonds. The Kier molecular flexibility index (Phi) is 4.92. The smallest absolute Gasteiger partial charge is 0.249 e. The van der Waals surface area contributed by atoms with Crippen molar-refractivity contribution >= 4 is 40.0 Å². The maximum Gasteiger partial charge on any atom is 0.249 e. The Morgan fingerprint density at radius 1 is 1.45 bits per heavy atom. The number of piperidine rings is 1. The molecule has 2 rings (SSSR count). The molecule has 1 aliphatic rings. The van der Waals surface area contributed by atoms with Crippen molar-refractivity contribution in [2.75, 3.05) is 11.9 Å². The number of anilines is 1. The summed E-state index contributed by atoms with van der Waals surface area (Å²) in [5.74, 6) is -1.23. The zero-order valence-electron chi connectivity index (χ0n) is 12.3. The van der Waals surface area contributed by atoms with E-state index in [0.717, 1.165) is 5.56 Å². The van der Waals surface area contributed by atoms with Crippen molar-refractivity contribution in [3.05, 3.63) is 17.0 Å². The number of hydrogen-bond donors (Lipinski definition) is 2. The van der Waals surface area contributed by atoms with Crippen LogP contribution in [0.25, 0.3) is 0 Å². The number of hydrogen-bond acceptors (Lipinski definition) is 5. The number of amides is 4. The lowest BCUT2D eigenvalue weighted by atomic mass is 10.1. The van der Waals surface area contributed by atoms with E-state index in [1.54, 1.807) is 13.1 Å². The quantitative estimate of drug-likeness (QED) is 0.774. The summed E-state index contributed by atoms with van der Waals surface area (Å²) in [6.07, 6.45) is 0.599. The van der Waals surface area contributed by atoms with E-state index in [1.165, 1.54) is 23.2 Å². The Morgan fingerprint density at radius 2 is 2.18 bits per heavy atom. The van der Waals surface area contributed by atoms with Gasteiger partial charge in [-0.05, 0) is 23.4 Å². The first-order valence-corrected chi connectivity index (χ1v) is 7.70. The minimum atomic E-state index is -0.683. The van der Waals surface area contributed by atoms with Crippen LogP contribution in [0.2, 0.25) is 0 Å². The number of nitrogens with zero attached hydrogens (tertiary/aromatic N) is 1. The standard InChI is InChI=1S/C14H17N3O4S/c1-8(18)17(2)14-9(5-6-22-14)7-12(20)15-10-3-4-11(19)16-13(10)21/h5-6,10H,3-4,7H2,1-2H3,(H,15,20)(H,16,19,21). The second kappa shape index (κ2) is 6.69. The van der Waals surface area contributed by atoms with Gasteiger partial charge in [-0.2, -0.15) is 0 Å². The summed E-state index contributed by atoms with van der Waals surface area (Å²) in [7, 11) is 1.65. The first-order chi connectivity index (χ1) is 10.4. The fourth-order valence-electron chi connectivity index (χ4n) is 2.15. The van der Waals surface area contributed by atoms with Gasteiger partial charge in [-0.25, -0.2) is 0 Å². The van der Waals surface area contributed by atoms with Gasteiger partial charge < -0.3 is 10.2 Å². The molecular formula is C14H17N3O4S. The predicted octanol–water partition coefficient (Wildman–Crippen LogP) is 0.195. The molecule has 0 radical (unpaired) electrons. The van der Waals surface area contributed by atoms with Crippen LogP contribution < -0.4 is 15.5 Å². The van der Waals surface area contributed by atoms with Crippen molar-refractivity contribution in [1.29, 1.82) is 0 Å². The van der Waals surface area contributed by atoms with Gasteiger partial charge in [0.1, 0.15) is 11.0 Å². The number of carbonyl (C=O) groups is 4. The summed E-state index contributed by atoms with van der Waals surface area (Å²) in [6.45, 7) is 1.45. The molecule has 0 bridgehead atoms. The predicted molar refractivity (Wildman–Crippen MR) is 81.4 cm³/mol. The molecule has 1 aromatic heterocycles. The fraction of sp³-hybridized carbons (Fsp3) is 0.429. The topological polar surface area (TPSA) is 95.6 Å². The van der Waals surface area contributed by atoms with Crippen molar-refractivity contribution in [3.63, 3.8) is 0 Å². The molecule has 2 N–H and O–H groups in total. The van der Waals surface area contributed by atoms with Crippen LogP contribution in [0.15, 0.2) is 11.4 Å². The molecule has 8 heteroatoms. The molecule has 7 nitrogen and oxygen atoms in total. The summed E-state index contributed by atoms with van der Waals surface area (Å²) in [5.41, 5.74) is 0.729. The summed E-state index contributed by atoms with van der Waals surface area (Å²) in [4.78, 5) is 47.7. The average molecular weight is 323 g/mol. The van der Waals surface area contributed by atoms with Gasteiger partial charge in [0.15, 0.2) is 0 Å². The third-order valence-corrected chi connectivity index (χ3v) is 4.46. The molecule has 0 aliphatic carbocycles. The summed E-state index contributed by atoms with van der Waals surface area (Å²) in [5, 5.41) is 7.34. The lowest BCUT2D eigenvalue weighted by Gasteiger charge is -2.22. The van der Waals surface area contributed by atoms with Crippen LogP contribution in [0.1, 0.15) is 25.3 Å². The van der Waals surface area contributed by atoms with Gasteiger partial charge in [-0.3, -0.25) is 24.5 Å². The third-order valence-electron chi connectivity index (χ3n) is 3.43. The fourth-order valence-corrected chi connectivity index (χ4v) is 3.09. The number of rotatable bonds is 4. The largest absolute Gasteiger partial charge is 0.344 e. The summed E-state index contributed by atoms with van der Waals surface area (Å²) < 4.78 is 0. The molecule has 0 spiro atoms. The van der Waals surface area contributed by atoms with Gasteiger partial charge in [-0.1, -0.05) is 0 Å². The number of thiophene rings is 1. The lowest BCUT2D eigenvalue weighted by Crippen LogP contribution is -2.52. The van der Waals surface area contributed by atoms with Gasteiger partial charge >= 0.3 is 0 Å². The van der Waals surface area contributed by atoms with E-state index < -0.39 is 11.9 Å². The Labute approximate surface area is 131 Å². The average Bonchev–Trinajstić information content (AvgIpc) is 2.89. The van der Waals surface area contributed by atoms with Gasteiger partial charge in [-0.15, -0.1) is 11.3 Å². The van der Waals surface area contributed by atoms with Crippen LogP contribution in [0.5, 0.6) is 0 Å². The zero-order chi connectivity index (χ0) is 16.3. The minimum absolute atomic E-state index is 0.0776. The van der Waals surface area contributed by atoms with Gasteiger partial charge in [0.05, 0.1) is 6.42 Å². The number of nitrogens with one attached hydrogen (secondary N) is 2. The first kappa shape index (κ1) is 16.2. The second-order valence-electron chi connectivity index (χ2n) is 5.08. The van der Waals surface area contributed by atoms with Crippen molar-refractivity contribution in [2.24, 2.45) is 0 Å². The molecule has 1 fully saturated rings. The minimum Gasteiger partial charge on any atom is -0.344 e. The van der Waals surface area contributed by atoms with E-state index >= 15 is 0 Å². The lowest BCUT2D eigenvalue weighted by molar-refractivity contribution is -0.137. The molecule has 1 atom stereocenters. The molecule has 1 aliphatic heterocycles. The molecule has 118 valence electrons. The first-order valence-electron chi connectivity index (χ1n) is 6.82. The normalized spacial score (nSPS) is 17.8. The summed E-state index contributed by atoms with van der Waals surface area (Å²) >= 11 is 1.38. The van der Waals surface area contributed by atoms with Crippen molar-refractivity contribution in [1.82, 2.24) is 10.6 Å².